The molecule has 1 fully saturated rings. The zero-order chi connectivity index (χ0) is 18.5. The highest BCUT2D eigenvalue weighted by molar-refractivity contribution is 7.99. The summed E-state index contributed by atoms with van der Waals surface area (Å²) >= 11 is 1.16. The number of aliphatic carboxylic acids is 1. The van der Waals surface area contributed by atoms with Crippen LogP contribution < -0.4 is 0 Å². The van der Waals surface area contributed by atoms with E-state index in [-0.39, 0.29) is 5.75 Å². The first-order chi connectivity index (χ1) is 12.5. The van der Waals surface area contributed by atoms with Crippen LogP contribution >= 0.6 is 11.8 Å². The van der Waals surface area contributed by atoms with E-state index in [1.54, 1.807) is 4.68 Å². The summed E-state index contributed by atoms with van der Waals surface area (Å²) in [6, 6.07) is 6.24. The first-order valence-corrected chi connectivity index (χ1v) is 9.94. The van der Waals surface area contributed by atoms with Gasteiger partial charge < -0.3 is 5.11 Å². The monoisotopic (exact) mass is 372 g/mol. The summed E-state index contributed by atoms with van der Waals surface area (Å²) in [4.78, 5) is 10.9. The van der Waals surface area contributed by atoms with E-state index >= 15 is 0 Å². The Morgan fingerprint density at radius 2 is 2.08 bits per heavy atom. The number of rotatable bonds is 6. The molecule has 138 valence electrons. The molecule has 1 aromatic carbocycles. The van der Waals surface area contributed by atoms with Crippen LogP contribution in [0.4, 0.5) is 0 Å². The number of carboxylic acids is 1. The van der Waals surface area contributed by atoms with Gasteiger partial charge in [-0.15, -0.1) is 10.2 Å². The van der Waals surface area contributed by atoms with E-state index in [0.29, 0.717) is 11.1 Å². The molecule has 1 aliphatic carbocycles. The highest BCUT2D eigenvalue weighted by Gasteiger charge is 2.23. The molecule has 1 saturated carbocycles. The van der Waals surface area contributed by atoms with Crippen molar-refractivity contribution in [2.75, 3.05) is 5.75 Å². The summed E-state index contributed by atoms with van der Waals surface area (Å²) in [5.41, 5.74) is 3.36. The van der Waals surface area contributed by atoms with Gasteiger partial charge in [-0.25, -0.2) is 0 Å². The third-order valence-corrected chi connectivity index (χ3v) is 5.58. The van der Waals surface area contributed by atoms with E-state index in [2.05, 4.69) is 47.3 Å². The van der Waals surface area contributed by atoms with Crippen molar-refractivity contribution in [1.29, 1.82) is 0 Å². The molecule has 0 saturated heterocycles. The summed E-state index contributed by atoms with van der Waals surface area (Å²) < 4.78 is 1.74. The summed E-state index contributed by atoms with van der Waals surface area (Å²) in [5, 5.41) is 22.7. The molecule has 0 atom stereocenters. The summed E-state index contributed by atoms with van der Waals surface area (Å²) in [6.07, 6.45) is 7.63. The van der Waals surface area contributed by atoms with Crippen LogP contribution in [0.3, 0.4) is 0 Å². The van der Waals surface area contributed by atoms with Gasteiger partial charge in [0.05, 0.1) is 12.0 Å². The van der Waals surface area contributed by atoms with Gasteiger partial charge in [0.1, 0.15) is 0 Å². The average Bonchev–Trinajstić information content (AvgIpc) is 3.04. The van der Waals surface area contributed by atoms with Crippen molar-refractivity contribution in [3.63, 3.8) is 0 Å². The van der Waals surface area contributed by atoms with Crippen LogP contribution in [0.2, 0.25) is 0 Å². The van der Waals surface area contributed by atoms with Crippen LogP contribution in [0.15, 0.2) is 28.5 Å². The van der Waals surface area contributed by atoms with Crippen molar-refractivity contribution in [3.8, 4) is 0 Å². The Bertz CT molecular complexity index is 810. The average molecular weight is 372 g/mol. The van der Waals surface area contributed by atoms with Crippen LogP contribution in [0.5, 0.6) is 0 Å². The van der Waals surface area contributed by atoms with E-state index in [1.807, 2.05) is 6.21 Å². The summed E-state index contributed by atoms with van der Waals surface area (Å²) in [5.74, 6) is 0.259. The lowest BCUT2D eigenvalue weighted by Crippen LogP contribution is -2.11. The Hall–Kier alpha value is -2.15. The number of carboxylic acid groups (broad SMARTS) is 1. The highest BCUT2D eigenvalue weighted by Crippen LogP contribution is 2.33. The standard InChI is InChI=1S/C19H24N4O2S/c1-13-8-9-14(2)16(10-13)11-20-23-18(15-6-4-3-5-7-15)21-22-19(23)26-12-17(24)25/h8-11,15H,3-7,12H2,1-2H3,(H,24,25)/b20-11-. The smallest absolute Gasteiger partial charge is 0.313 e. The molecule has 1 heterocycles. The Morgan fingerprint density at radius 1 is 1.31 bits per heavy atom. The lowest BCUT2D eigenvalue weighted by atomic mass is 9.89. The van der Waals surface area contributed by atoms with Crippen LogP contribution in [0.1, 0.15) is 60.5 Å². The Kier molecular flexibility index (Phi) is 6.08. The van der Waals surface area contributed by atoms with Crippen molar-refractivity contribution in [1.82, 2.24) is 14.9 Å². The van der Waals surface area contributed by atoms with E-state index in [1.165, 1.54) is 24.8 Å². The first-order valence-electron chi connectivity index (χ1n) is 8.96. The zero-order valence-electron chi connectivity index (χ0n) is 15.2. The van der Waals surface area contributed by atoms with Gasteiger partial charge in [0.25, 0.3) is 0 Å². The van der Waals surface area contributed by atoms with E-state index in [9.17, 15) is 4.79 Å². The van der Waals surface area contributed by atoms with Gasteiger partial charge >= 0.3 is 5.97 Å². The second kappa shape index (κ2) is 8.49. The molecule has 0 aliphatic heterocycles. The maximum atomic E-state index is 10.9. The molecule has 0 bridgehead atoms. The molecule has 1 aromatic heterocycles. The number of carbonyl (C=O) groups is 1. The number of hydrogen-bond donors (Lipinski definition) is 1. The molecule has 0 radical (unpaired) electrons. The molecule has 2 aromatic rings. The Labute approximate surface area is 157 Å². The fraction of sp³-hybridized carbons (Fsp3) is 0.474. The van der Waals surface area contributed by atoms with Gasteiger partial charge in [0.15, 0.2) is 5.82 Å². The third kappa shape index (κ3) is 4.52. The van der Waals surface area contributed by atoms with Gasteiger partial charge in [-0.2, -0.15) is 9.78 Å². The lowest BCUT2D eigenvalue weighted by molar-refractivity contribution is -0.133. The first kappa shape index (κ1) is 18.6. The quantitative estimate of drug-likeness (QED) is 0.612. The van der Waals surface area contributed by atoms with E-state index in [0.717, 1.165) is 41.6 Å². The summed E-state index contributed by atoms with van der Waals surface area (Å²) in [7, 11) is 0. The number of thioether (sulfide) groups is 1. The number of aromatic nitrogens is 3. The minimum Gasteiger partial charge on any atom is -0.481 e. The fourth-order valence-electron chi connectivity index (χ4n) is 3.24. The second-order valence-electron chi connectivity index (χ2n) is 6.77. The van der Waals surface area contributed by atoms with Gasteiger partial charge in [-0.05, 0) is 37.8 Å². The van der Waals surface area contributed by atoms with Crippen molar-refractivity contribution in [2.45, 2.75) is 57.0 Å². The number of benzene rings is 1. The second-order valence-corrected chi connectivity index (χ2v) is 7.72. The van der Waals surface area contributed by atoms with Crippen LogP contribution in [0.25, 0.3) is 0 Å². The zero-order valence-corrected chi connectivity index (χ0v) is 16.0. The molecule has 0 amide bonds. The van der Waals surface area contributed by atoms with Crippen molar-refractivity contribution in [2.24, 2.45) is 5.10 Å². The van der Waals surface area contributed by atoms with Crippen molar-refractivity contribution >= 4 is 23.9 Å². The minimum atomic E-state index is -0.873. The summed E-state index contributed by atoms with van der Waals surface area (Å²) in [6.45, 7) is 4.10. The Balaban J connectivity index is 1.93. The predicted molar refractivity (Wildman–Crippen MR) is 103 cm³/mol. The lowest BCUT2D eigenvalue weighted by Gasteiger charge is -2.20. The molecule has 3 rings (SSSR count). The van der Waals surface area contributed by atoms with E-state index < -0.39 is 5.97 Å². The van der Waals surface area contributed by atoms with Crippen LogP contribution in [0, 0.1) is 13.8 Å². The van der Waals surface area contributed by atoms with Crippen molar-refractivity contribution in [3.05, 3.63) is 40.7 Å². The Morgan fingerprint density at radius 3 is 2.81 bits per heavy atom. The third-order valence-electron chi connectivity index (χ3n) is 4.68. The predicted octanol–water partition coefficient (Wildman–Crippen LogP) is 4.00. The molecule has 1 N–H and O–H groups in total. The largest absolute Gasteiger partial charge is 0.481 e. The molecule has 7 heteroatoms. The maximum Gasteiger partial charge on any atom is 0.313 e. The fourth-order valence-corrected chi connectivity index (χ4v) is 3.85. The van der Waals surface area contributed by atoms with Gasteiger partial charge in [-0.3, -0.25) is 4.79 Å². The molecule has 6 nitrogen and oxygen atoms in total. The van der Waals surface area contributed by atoms with Gasteiger partial charge in [0.2, 0.25) is 5.16 Å². The van der Waals surface area contributed by atoms with Gasteiger partial charge in [0, 0.05) is 5.92 Å². The molecule has 0 spiro atoms. The molecule has 0 unspecified atom stereocenters. The maximum absolute atomic E-state index is 10.9. The minimum absolute atomic E-state index is 0.0538. The van der Waals surface area contributed by atoms with Gasteiger partial charge in [-0.1, -0.05) is 54.8 Å². The van der Waals surface area contributed by atoms with Crippen LogP contribution in [-0.4, -0.2) is 37.9 Å². The molecular formula is C19H24N4O2S. The molecule has 1 aliphatic rings. The number of nitrogens with zero attached hydrogens (tertiary/aromatic N) is 4. The number of hydrogen-bond acceptors (Lipinski definition) is 5. The SMILES string of the molecule is Cc1ccc(C)c(/C=N\n2c(SCC(=O)O)nnc2C2CCCCC2)c1. The molecule has 26 heavy (non-hydrogen) atoms. The highest BCUT2D eigenvalue weighted by atomic mass is 32.2. The normalized spacial score (nSPS) is 15.6. The molecular weight excluding hydrogens is 348 g/mol. The van der Waals surface area contributed by atoms with E-state index in [4.69, 9.17) is 5.11 Å². The van der Waals surface area contributed by atoms with Crippen molar-refractivity contribution < 1.29 is 9.90 Å². The van der Waals surface area contributed by atoms with Crippen LogP contribution in [-0.2, 0) is 4.79 Å². The topological polar surface area (TPSA) is 80.4 Å². The number of aryl methyl sites for hydroxylation is 2.